The van der Waals surface area contributed by atoms with Crippen LogP contribution in [-0.4, -0.2) is 20.4 Å². The Balaban J connectivity index is 0.000000281. The van der Waals surface area contributed by atoms with E-state index < -0.39 is 0 Å². The number of aromatic amines is 1. The second kappa shape index (κ2) is 3.65. The first kappa shape index (κ1) is 7.65. The predicted molar refractivity (Wildman–Crippen MR) is 43.0 cm³/mol. The first-order valence-corrected chi connectivity index (χ1v) is 3.57. The molecule has 0 aliphatic rings. The van der Waals surface area contributed by atoms with Crippen molar-refractivity contribution >= 4 is 11.0 Å². The van der Waals surface area contributed by atoms with Crippen LogP contribution in [0.15, 0.2) is 18.5 Å². The molecule has 0 fully saturated rings. The van der Waals surface area contributed by atoms with Gasteiger partial charge in [-0.2, -0.15) is 15.4 Å². The van der Waals surface area contributed by atoms with Gasteiger partial charge in [-0.3, -0.25) is 4.98 Å². The summed E-state index contributed by atoms with van der Waals surface area (Å²) in [5.41, 5.74) is 1.66. The standard InChI is InChI=1S/C5H4N4.C2H6/c1-2-6-3-5-4(1)7-9-8-5;1-2/h1-3H,(H,7,8,9);1-2H3. The fraction of sp³-hybridized carbons (Fsp3) is 0.286. The fourth-order valence-electron chi connectivity index (χ4n) is 0.692. The molecule has 0 spiro atoms. The fourth-order valence-corrected chi connectivity index (χ4v) is 0.692. The van der Waals surface area contributed by atoms with E-state index in [0.29, 0.717) is 0 Å². The Morgan fingerprint density at radius 2 is 1.91 bits per heavy atom. The van der Waals surface area contributed by atoms with Crippen LogP contribution < -0.4 is 0 Å². The van der Waals surface area contributed by atoms with Crippen molar-refractivity contribution in [2.45, 2.75) is 13.8 Å². The van der Waals surface area contributed by atoms with E-state index >= 15 is 0 Å². The molecule has 0 saturated heterocycles. The number of rotatable bonds is 0. The van der Waals surface area contributed by atoms with Gasteiger partial charge in [0.05, 0.1) is 6.20 Å². The Morgan fingerprint density at radius 1 is 1.18 bits per heavy atom. The molecule has 11 heavy (non-hydrogen) atoms. The molecule has 2 aromatic heterocycles. The highest BCUT2D eigenvalue weighted by atomic mass is 15.3. The first-order valence-electron chi connectivity index (χ1n) is 3.57. The second-order valence-electron chi connectivity index (χ2n) is 1.69. The molecule has 0 saturated carbocycles. The van der Waals surface area contributed by atoms with E-state index in [4.69, 9.17) is 0 Å². The Bertz CT molecular complexity index is 284. The Hall–Kier alpha value is -1.45. The second-order valence-corrected chi connectivity index (χ2v) is 1.69. The van der Waals surface area contributed by atoms with Crippen LogP contribution in [0.25, 0.3) is 11.0 Å². The molecule has 0 atom stereocenters. The molecule has 4 heteroatoms. The molecular formula is C7H10N4. The summed E-state index contributed by atoms with van der Waals surface area (Å²) in [6.45, 7) is 4.00. The number of nitrogens with one attached hydrogen (secondary N) is 1. The van der Waals surface area contributed by atoms with Crippen LogP contribution in [0.1, 0.15) is 13.8 Å². The predicted octanol–water partition coefficient (Wildman–Crippen LogP) is 1.38. The summed E-state index contributed by atoms with van der Waals surface area (Å²) in [5.74, 6) is 0. The summed E-state index contributed by atoms with van der Waals surface area (Å²) in [6.07, 6.45) is 3.35. The van der Waals surface area contributed by atoms with Gasteiger partial charge in [-0.05, 0) is 6.07 Å². The average Bonchev–Trinajstić information content (AvgIpc) is 2.55. The molecule has 1 N–H and O–H groups in total. The van der Waals surface area contributed by atoms with Crippen LogP contribution in [0.5, 0.6) is 0 Å². The van der Waals surface area contributed by atoms with Gasteiger partial charge in [-0.25, -0.2) is 0 Å². The molecular weight excluding hydrogens is 140 g/mol. The van der Waals surface area contributed by atoms with Gasteiger partial charge in [0.15, 0.2) is 0 Å². The molecule has 2 heterocycles. The van der Waals surface area contributed by atoms with Crippen molar-refractivity contribution in [3.8, 4) is 0 Å². The van der Waals surface area contributed by atoms with Crippen molar-refractivity contribution in [1.82, 2.24) is 20.4 Å². The number of aromatic nitrogens is 4. The Morgan fingerprint density at radius 3 is 2.64 bits per heavy atom. The monoisotopic (exact) mass is 150 g/mol. The summed E-state index contributed by atoms with van der Waals surface area (Å²) < 4.78 is 0. The van der Waals surface area contributed by atoms with E-state index in [1.165, 1.54) is 0 Å². The van der Waals surface area contributed by atoms with Crippen LogP contribution >= 0.6 is 0 Å². The Labute approximate surface area is 64.7 Å². The summed E-state index contributed by atoms with van der Waals surface area (Å²) in [6, 6.07) is 1.80. The molecule has 0 aliphatic carbocycles. The maximum absolute atomic E-state index is 3.86. The third kappa shape index (κ3) is 1.52. The van der Waals surface area contributed by atoms with Crippen LogP contribution in [-0.2, 0) is 0 Å². The SMILES string of the molecule is CC.c1cc2n[nH]nc2cn1. The number of fused-ring (bicyclic) bond motifs is 1. The van der Waals surface area contributed by atoms with Gasteiger partial charge in [-0.15, -0.1) is 0 Å². The average molecular weight is 150 g/mol. The van der Waals surface area contributed by atoms with E-state index in [-0.39, 0.29) is 0 Å². The van der Waals surface area contributed by atoms with Crippen molar-refractivity contribution in [2.24, 2.45) is 0 Å². The molecule has 0 aliphatic heterocycles. The third-order valence-corrected chi connectivity index (χ3v) is 1.12. The van der Waals surface area contributed by atoms with Crippen LogP contribution in [0.3, 0.4) is 0 Å². The molecule has 0 amide bonds. The minimum absolute atomic E-state index is 0.803. The maximum atomic E-state index is 3.86. The summed E-state index contributed by atoms with van der Waals surface area (Å²) in [5, 5.41) is 10.2. The van der Waals surface area contributed by atoms with E-state index in [1.807, 2.05) is 13.8 Å². The van der Waals surface area contributed by atoms with Gasteiger partial charge in [-0.1, -0.05) is 13.8 Å². The lowest BCUT2D eigenvalue weighted by Crippen LogP contribution is -1.69. The number of hydrogen-bond donors (Lipinski definition) is 1. The highest BCUT2D eigenvalue weighted by Gasteiger charge is 1.91. The third-order valence-electron chi connectivity index (χ3n) is 1.12. The molecule has 0 aromatic carbocycles. The van der Waals surface area contributed by atoms with Gasteiger partial charge in [0.1, 0.15) is 11.0 Å². The van der Waals surface area contributed by atoms with E-state index in [1.54, 1.807) is 18.5 Å². The lowest BCUT2D eigenvalue weighted by Gasteiger charge is -1.77. The molecule has 2 aromatic rings. The molecule has 4 nitrogen and oxygen atoms in total. The molecule has 2 rings (SSSR count). The first-order chi connectivity index (χ1) is 5.47. The zero-order chi connectivity index (χ0) is 8.10. The summed E-state index contributed by atoms with van der Waals surface area (Å²) in [7, 11) is 0. The van der Waals surface area contributed by atoms with Crippen LogP contribution in [0.4, 0.5) is 0 Å². The van der Waals surface area contributed by atoms with E-state index in [9.17, 15) is 0 Å². The minimum atomic E-state index is 0.803. The smallest absolute Gasteiger partial charge is 0.131 e. The number of hydrogen-bond acceptors (Lipinski definition) is 3. The molecule has 0 radical (unpaired) electrons. The zero-order valence-electron chi connectivity index (χ0n) is 6.57. The quantitative estimate of drug-likeness (QED) is 0.617. The van der Waals surface area contributed by atoms with Crippen LogP contribution in [0.2, 0.25) is 0 Å². The van der Waals surface area contributed by atoms with E-state index in [2.05, 4.69) is 20.4 Å². The zero-order valence-corrected chi connectivity index (χ0v) is 6.57. The molecule has 0 bridgehead atoms. The van der Waals surface area contributed by atoms with Gasteiger partial charge in [0.2, 0.25) is 0 Å². The summed E-state index contributed by atoms with van der Waals surface area (Å²) >= 11 is 0. The maximum Gasteiger partial charge on any atom is 0.131 e. The van der Waals surface area contributed by atoms with Crippen molar-refractivity contribution in [3.05, 3.63) is 18.5 Å². The Kier molecular flexibility index (Phi) is 2.54. The highest BCUT2D eigenvalue weighted by molar-refractivity contribution is 5.71. The van der Waals surface area contributed by atoms with E-state index in [0.717, 1.165) is 11.0 Å². The largest absolute Gasteiger partial charge is 0.262 e. The molecule has 58 valence electrons. The van der Waals surface area contributed by atoms with Crippen molar-refractivity contribution in [1.29, 1.82) is 0 Å². The van der Waals surface area contributed by atoms with Gasteiger partial charge < -0.3 is 0 Å². The lowest BCUT2D eigenvalue weighted by atomic mass is 10.4. The van der Waals surface area contributed by atoms with Crippen molar-refractivity contribution < 1.29 is 0 Å². The molecule has 0 unspecified atom stereocenters. The van der Waals surface area contributed by atoms with Crippen LogP contribution in [0, 0.1) is 0 Å². The lowest BCUT2D eigenvalue weighted by molar-refractivity contribution is 0.959. The topological polar surface area (TPSA) is 54.5 Å². The van der Waals surface area contributed by atoms with Crippen molar-refractivity contribution in [2.75, 3.05) is 0 Å². The number of pyridine rings is 1. The van der Waals surface area contributed by atoms with Gasteiger partial charge in [0.25, 0.3) is 0 Å². The highest BCUT2D eigenvalue weighted by Crippen LogP contribution is 2.01. The van der Waals surface area contributed by atoms with Gasteiger partial charge in [0, 0.05) is 6.20 Å². The number of H-pyrrole nitrogens is 1. The van der Waals surface area contributed by atoms with Crippen molar-refractivity contribution in [3.63, 3.8) is 0 Å². The normalized spacial score (nSPS) is 8.91. The number of nitrogens with zero attached hydrogens (tertiary/aromatic N) is 3. The van der Waals surface area contributed by atoms with Gasteiger partial charge >= 0.3 is 0 Å². The minimum Gasteiger partial charge on any atom is -0.262 e. The summed E-state index contributed by atoms with van der Waals surface area (Å²) in [4.78, 5) is 3.86.